The lowest BCUT2D eigenvalue weighted by Crippen LogP contribution is -2.57. The second-order valence-electron chi connectivity index (χ2n) is 5.87. The molecule has 16 heavy (non-hydrogen) atoms. The fraction of sp³-hybridized carbons (Fsp3) is 0.923. The van der Waals surface area contributed by atoms with Gasteiger partial charge in [0.15, 0.2) is 0 Å². The van der Waals surface area contributed by atoms with E-state index in [1.54, 1.807) is 0 Å². The monoisotopic (exact) mass is 223 g/mol. The number of rotatable bonds is 0. The number of hydrogen-bond donors (Lipinski definition) is 2. The largest absolute Gasteiger partial charge is 0.411 e. The summed E-state index contributed by atoms with van der Waals surface area (Å²) in [4.78, 5) is 0. The van der Waals surface area contributed by atoms with E-state index in [0.29, 0.717) is 11.8 Å². The molecule has 3 nitrogen and oxygen atoms in total. The molecule has 3 saturated carbocycles. The molecule has 0 heterocycles. The van der Waals surface area contributed by atoms with Crippen LogP contribution < -0.4 is 0 Å². The van der Waals surface area contributed by atoms with Crippen LogP contribution in [0.5, 0.6) is 0 Å². The van der Waals surface area contributed by atoms with Gasteiger partial charge in [-0.15, -0.1) is 0 Å². The molecule has 0 aromatic rings. The number of aliphatic hydroxyl groups is 1. The van der Waals surface area contributed by atoms with Crippen molar-refractivity contribution in [2.24, 2.45) is 22.9 Å². The molecule has 0 saturated heterocycles. The van der Waals surface area contributed by atoms with Gasteiger partial charge in [-0.1, -0.05) is 24.4 Å². The van der Waals surface area contributed by atoms with Gasteiger partial charge in [0.2, 0.25) is 0 Å². The Hall–Kier alpha value is -0.570. The first kappa shape index (κ1) is 10.6. The van der Waals surface area contributed by atoms with E-state index in [0.717, 1.165) is 37.8 Å². The maximum absolute atomic E-state index is 10.9. The fourth-order valence-electron chi connectivity index (χ4n) is 4.42. The minimum Gasteiger partial charge on any atom is -0.411 e. The SMILES string of the molecule is ON=C1C2CCCC1C1(O)CCCCC1C2. The van der Waals surface area contributed by atoms with Crippen LogP contribution in [0.15, 0.2) is 5.16 Å². The second-order valence-corrected chi connectivity index (χ2v) is 5.87. The second kappa shape index (κ2) is 3.73. The third-order valence-electron chi connectivity index (χ3n) is 5.20. The van der Waals surface area contributed by atoms with Crippen LogP contribution in [-0.2, 0) is 0 Å². The first-order chi connectivity index (χ1) is 7.75. The van der Waals surface area contributed by atoms with Crippen LogP contribution in [-0.4, -0.2) is 21.6 Å². The van der Waals surface area contributed by atoms with Crippen molar-refractivity contribution in [3.63, 3.8) is 0 Å². The zero-order chi connectivity index (χ0) is 11.2. The topological polar surface area (TPSA) is 52.8 Å². The summed E-state index contributed by atoms with van der Waals surface area (Å²) < 4.78 is 0. The Morgan fingerprint density at radius 2 is 2.00 bits per heavy atom. The van der Waals surface area contributed by atoms with Crippen molar-refractivity contribution in [1.29, 1.82) is 0 Å². The quantitative estimate of drug-likeness (QED) is 0.490. The Morgan fingerprint density at radius 3 is 2.81 bits per heavy atom. The van der Waals surface area contributed by atoms with Gasteiger partial charge >= 0.3 is 0 Å². The average Bonchev–Trinajstić information content (AvgIpc) is 2.30. The Balaban J connectivity index is 1.96. The predicted octanol–water partition coefficient (Wildman–Crippen LogP) is 2.56. The lowest BCUT2D eigenvalue weighted by Gasteiger charge is -2.53. The van der Waals surface area contributed by atoms with Gasteiger partial charge in [0, 0.05) is 11.8 Å². The maximum Gasteiger partial charge on any atom is 0.0757 e. The Kier molecular flexibility index (Phi) is 2.46. The molecule has 2 bridgehead atoms. The molecule has 3 aliphatic rings. The van der Waals surface area contributed by atoms with E-state index >= 15 is 0 Å². The summed E-state index contributed by atoms with van der Waals surface area (Å²) in [5, 5.41) is 23.6. The minimum atomic E-state index is -0.545. The molecule has 0 aromatic carbocycles. The zero-order valence-electron chi connectivity index (χ0n) is 9.73. The Bertz CT molecular complexity index is 315. The summed E-state index contributed by atoms with van der Waals surface area (Å²) >= 11 is 0. The number of hydrogen-bond acceptors (Lipinski definition) is 3. The number of oxime groups is 1. The lowest BCUT2D eigenvalue weighted by molar-refractivity contribution is -0.102. The van der Waals surface area contributed by atoms with Crippen LogP contribution in [0.1, 0.15) is 51.4 Å². The van der Waals surface area contributed by atoms with E-state index in [1.165, 1.54) is 19.3 Å². The summed E-state index contributed by atoms with van der Waals surface area (Å²) in [6, 6.07) is 0. The van der Waals surface area contributed by atoms with Gasteiger partial charge in [-0.2, -0.15) is 0 Å². The highest BCUT2D eigenvalue weighted by molar-refractivity contribution is 5.91. The van der Waals surface area contributed by atoms with Gasteiger partial charge in [0.1, 0.15) is 0 Å². The van der Waals surface area contributed by atoms with Gasteiger partial charge in [-0.3, -0.25) is 0 Å². The van der Waals surface area contributed by atoms with E-state index in [1.807, 2.05) is 0 Å². The summed E-state index contributed by atoms with van der Waals surface area (Å²) in [5.41, 5.74) is 0.364. The predicted molar refractivity (Wildman–Crippen MR) is 61.6 cm³/mol. The van der Waals surface area contributed by atoms with E-state index in [4.69, 9.17) is 0 Å². The third-order valence-corrected chi connectivity index (χ3v) is 5.20. The van der Waals surface area contributed by atoms with Crippen LogP contribution in [0.3, 0.4) is 0 Å². The molecule has 3 fully saturated rings. The van der Waals surface area contributed by atoms with Crippen molar-refractivity contribution >= 4 is 5.71 Å². The van der Waals surface area contributed by atoms with Crippen molar-refractivity contribution in [2.75, 3.05) is 0 Å². The standard InChI is InChI=1S/C13H21NO2/c15-13-7-2-1-5-10(13)8-9-4-3-6-11(13)12(9)14-16/h9-11,15-16H,1-8H2. The van der Waals surface area contributed by atoms with Crippen LogP contribution in [0.2, 0.25) is 0 Å². The van der Waals surface area contributed by atoms with Gasteiger partial charge < -0.3 is 10.3 Å². The van der Waals surface area contributed by atoms with Crippen LogP contribution >= 0.6 is 0 Å². The van der Waals surface area contributed by atoms with Crippen molar-refractivity contribution < 1.29 is 10.3 Å². The molecule has 3 heteroatoms. The van der Waals surface area contributed by atoms with Gasteiger partial charge in [0.25, 0.3) is 0 Å². The van der Waals surface area contributed by atoms with E-state index in [-0.39, 0.29) is 5.92 Å². The van der Waals surface area contributed by atoms with Crippen molar-refractivity contribution in [3.8, 4) is 0 Å². The first-order valence-corrected chi connectivity index (χ1v) is 6.70. The minimum absolute atomic E-state index is 0.148. The number of fused-ring (bicyclic) bond motifs is 4. The summed E-state index contributed by atoms with van der Waals surface area (Å²) in [6.45, 7) is 0. The average molecular weight is 223 g/mol. The van der Waals surface area contributed by atoms with Crippen molar-refractivity contribution in [3.05, 3.63) is 0 Å². The van der Waals surface area contributed by atoms with Gasteiger partial charge in [0.05, 0.1) is 11.3 Å². The molecule has 0 amide bonds. The molecule has 2 N–H and O–H groups in total. The van der Waals surface area contributed by atoms with Gasteiger partial charge in [-0.05, 0) is 38.0 Å². The van der Waals surface area contributed by atoms with E-state index in [9.17, 15) is 10.3 Å². The third kappa shape index (κ3) is 1.33. The summed E-state index contributed by atoms with van der Waals surface area (Å²) in [6.07, 6.45) is 8.88. The molecule has 0 spiro atoms. The molecule has 0 radical (unpaired) electrons. The molecule has 4 atom stereocenters. The highest BCUT2D eigenvalue weighted by Crippen LogP contribution is 2.52. The highest BCUT2D eigenvalue weighted by atomic mass is 16.4. The van der Waals surface area contributed by atoms with Crippen LogP contribution in [0.4, 0.5) is 0 Å². The van der Waals surface area contributed by atoms with E-state index in [2.05, 4.69) is 5.16 Å². The lowest BCUT2D eigenvalue weighted by atomic mass is 9.54. The molecule has 3 aliphatic carbocycles. The molecular formula is C13H21NO2. The molecule has 0 aliphatic heterocycles. The Morgan fingerprint density at radius 1 is 1.12 bits per heavy atom. The van der Waals surface area contributed by atoms with Crippen LogP contribution in [0.25, 0.3) is 0 Å². The number of nitrogens with zero attached hydrogens (tertiary/aromatic N) is 1. The van der Waals surface area contributed by atoms with Crippen LogP contribution in [0, 0.1) is 17.8 Å². The van der Waals surface area contributed by atoms with E-state index < -0.39 is 5.60 Å². The molecule has 3 rings (SSSR count). The molecule has 4 unspecified atom stereocenters. The van der Waals surface area contributed by atoms with Gasteiger partial charge in [-0.25, -0.2) is 0 Å². The van der Waals surface area contributed by atoms with Crippen molar-refractivity contribution in [1.82, 2.24) is 0 Å². The first-order valence-electron chi connectivity index (χ1n) is 6.70. The normalized spacial score (nSPS) is 50.1. The van der Waals surface area contributed by atoms with Crippen molar-refractivity contribution in [2.45, 2.75) is 57.0 Å². The fourth-order valence-corrected chi connectivity index (χ4v) is 4.42. The highest BCUT2D eigenvalue weighted by Gasteiger charge is 2.54. The molecule has 90 valence electrons. The Labute approximate surface area is 96.5 Å². The molecule has 0 aromatic heterocycles. The maximum atomic E-state index is 10.9. The smallest absolute Gasteiger partial charge is 0.0757 e. The molecular weight excluding hydrogens is 202 g/mol. The summed E-state index contributed by atoms with van der Waals surface area (Å²) in [5.74, 6) is 1.06. The zero-order valence-corrected chi connectivity index (χ0v) is 9.73. The summed E-state index contributed by atoms with van der Waals surface area (Å²) in [7, 11) is 0.